The van der Waals surface area contributed by atoms with Gasteiger partial charge in [-0.3, -0.25) is 4.79 Å². The molecule has 0 spiro atoms. The van der Waals surface area contributed by atoms with Crippen LogP contribution < -0.4 is 11.1 Å². The molecule has 1 aromatic heterocycles. The highest BCUT2D eigenvalue weighted by molar-refractivity contribution is 5.72. The second-order valence-corrected chi connectivity index (χ2v) is 2.82. The molecule has 0 saturated carbocycles. The first-order valence-electron chi connectivity index (χ1n) is 4.13. The molecule has 70 valence electrons. The number of rotatable bonds is 3. The molecule has 0 unspecified atom stereocenters. The van der Waals surface area contributed by atoms with E-state index >= 15 is 0 Å². The minimum Gasteiger partial charge on any atom is -0.384 e. The van der Waals surface area contributed by atoms with E-state index in [4.69, 9.17) is 5.73 Å². The molecular weight excluding hydrogens is 166 g/mol. The van der Waals surface area contributed by atoms with E-state index in [1.54, 1.807) is 12.3 Å². The van der Waals surface area contributed by atoms with Crippen molar-refractivity contribution in [1.29, 1.82) is 0 Å². The SMILES string of the molecule is CC(=O)NCCc1ccc(N)nc1. The van der Waals surface area contributed by atoms with Crippen molar-refractivity contribution in [3.63, 3.8) is 0 Å². The molecule has 0 atom stereocenters. The number of amides is 1. The number of hydrogen-bond donors (Lipinski definition) is 2. The van der Waals surface area contributed by atoms with Gasteiger partial charge in [0.15, 0.2) is 0 Å². The monoisotopic (exact) mass is 179 g/mol. The van der Waals surface area contributed by atoms with Crippen LogP contribution in [0, 0.1) is 0 Å². The van der Waals surface area contributed by atoms with Crippen molar-refractivity contribution in [2.45, 2.75) is 13.3 Å². The van der Waals surface area contributed by atoms with E-state index in [0.717, 1.165) is 12.0 Å². The van der Waals surface area contributed by atoms with E-state index in [1.807, 2.05) is 6.07 Å². The molecule has 1 rings (SSSR count). The Hall–Kier alpha value is -1.58. The van der Waals surface area contributed by atoms with Gasteiger partial charge in [0.25, 0.3) is 0 Å². The molecule has 0 aliphatic heterocycles. The molecule has 0 saturated heterocycles. The van der Waals surface area contributed by atoms with Crippen molar-refractivity contribution in [3.8, 4) is 0 Å². The molecule has 4 heteroatoms. The fourth-order valence-corrected chi connectivity index (χ4v) is 0.967. The first-order chi connectivity index (χ1) is 6.18. The van der Waals surface area contributed by atoms with Crippen molar-refractivity contribution in [3.05, 3.63) is 23.9 Å². The summed E-state index contributed by atoms with van der Waals surface area (Å²) in [5, 5.41) is 2.71. The Kier molecular flexibility index (Phi) is 3.25. The first-order valence-corrected chi connectivity index (χ1v) is 4.13. The van der Waals surface area contributed by atoms with Gasteiger partial charge in [0.1, 0.15) is 5.82 Å². The highest BCUT2D eigenvalue weighted by Gasteiger charge is 1.94. The normalized spacial score (nSPS) is 9.62. The van der Waals surface area contributed by atoms with Crippen molar-refractivity contribution in [2.75, 3.05) is 12.3 Å². The number of carbonyl (C=O) groups excluding carboxylic acids is 1. The van der Waals surface area contributed by atoms with Crippen molar-refractivity contribution in [2.24, 2.45) is 0 Å². The Balaban J connectivity index is 2.37. The van der Waals surface area contributed by atoms with Crippen molar-refractivity contribution >= 4 is 11.7 Å². The second-order valence-electron chi connectivity index (χ2n) is 2.82. The molecule has 0 radical (unpaired) electrons. The van der Waals surface area contributed by atoms with Crippen LogP contribution in [0.25, 0.3) is 0 Å². The maximum atomic E-state index is 10.5. The molecule has 0 aliphatic carbocycles. The van der Waals surface area contributed by atoms with E-state index in [0.29, 0.717) is 12.4 Å². The lowest BCUT2D eigenvalue weighted by atomic mass is 10.2. The summed E-state index contributed by atoms with van der Waals surface area (Å²) in [5.74, 6) is 0.506. The lowest BCUT2D eigenvalue weighted by Crippen LogP contribution is -2.22. The minimum absolute atomic E-state index is 0.0107. The van der Waals surface area contributed by atoms with Gasteiger partial charge in [0.05, 0.1) is 0 Å². The molecule has 1 amide bonds. The van der Waals surface area contributed by atoms with Crippen LogP contribution in [-0.2, 0) is 11.2 Å². The van der Waals surface area contributed by atoms with E-state index in [9.17, 15) is 4.79 Å². The van der Waals surface area contributed by atoms with Gasteiger partial charge in [-0.1, -0.05) is 6.07 Å². The zero-order valence-electron chi connectivity index (χ0n) is 7.58. The lowest BCUT2D eigenvalue weighted by molar-refractivity contribution is -0.118. The van der Waals surface area contributed by atoms with Crippen LogP contribution in [-0.4, -0.2) is 17.4 Å². The maximum absolute atomic E-state index is 10.5. The standard InChI is InChI=1S/C9H13N3O/c1-7(13)11-5-4-8-2-3-9(10)12-6-8/h2-3,6H,4-5H2,1H3,(H2,10,12)(H,11,13). The van der Waals surface area contributed by atoms with Gasteiger partial charge in [-0.2, -0.15) is 0 Å². The zero-order valence-corrected chi connectivity index (χ0v) is 7.58. The van der Waals surface area contributed by atoms with E-state index in [-0.39, 0.29) is 5.91 Å². The summed E-state index contributed by atoms with van der Waals surface area (Å²) < 4.78 is 0. The van der Waals surface area contributed by atoms with Gasteiger partial charge < -0.3 is 11.1 Å². The van der Waals surface area contributed by atoms with Crippen LogP contribution in [0.1, 0.15) is 12.5 Å². The van der Waals surface area contributed by atoms with Gasteiger partial charge in [-0.15, -0.1) is 0 Å². The molecular formula is C9H13N3O. The maximum Gasteiger partial charge on any atom is 0.216 e. The number of nitrogens with two attached hydrogens (primary N) is 1. The van der Waals surface area contributed by atoms with E-state index < -0.39 is 0 Å². The summed E-state index contributed by atoms with van der Waals surface area (Å²) in [7, 11) is 0. The van der Waals surface area contributed by atoms with E-state index in [2.05, 4.69) is 10.3 Å². The average Bonchev–Trinajstić information content (AvgIpc) is 2.08. The number of pyridine rings is 1. The van der Waals surface area contributed by atoms with Gasteiger partial charge in [-0.25, -0.2) is 4.98 Å². The third kappa shape index (κ3) is 3.55. The van der Waals surface area contributed by atoms with Crippen LogP contribution in [0.5, 0.6) is 0 Å². The number of anilines is 1. The number of hydrogen-bond acceptors (Lipinski definition) is 3. The molecule has 0 aliphatic rings. The quantitative estimate of drug-likeness (QED) is 0.703. The fraction of sp³-hybridized carbons (Fsp3) is 0.333. The van der Waals surface area contributed by atoms with Gasteiger partial charge in [0, 0.05) is 19.7 Å². The van der Waals surface area contributed by atoms with Crippen molar-refractivity contribution < 1.29 is 4.79 Å². The Morgan fingerprint density at radius 3 is 2.92 bits per heavy atom. The molecule has 4 nitrogen and oxygen atoms in total. The summed E-state index contributed by atoms with van der Waals surface area (Å²) >= 11 is 0. The topological polar surface area (TPSA) is 68.0 Å². The third-order valence-electron chi connectivity index (χ3n) is 1.64. The van der Waals surface area contributed by atoms with Crippen LogP contribution >= 0.6 is 0 Å². The summed E-state index contributed by atoms with van der Waals surface area (Å²) in [6.07, 6.45) is 2.50. The second kappa shape index (κ2) is 4.45. The predicted molar refractivity (Wildman–Crippen MR) is 51.0 cm³/mol. The summed E-state index contributed by atoms with van der Waals surface area (Å²) in [6, 6.07) is 3.66. The first kappa shape index (κ1) is 9.51. The summed E-state index contributed by atoms with van der Waals surface area (Å²) in [5.41, 5.74) is 6.49. The molecule has 0 aromatic carbocycles. The molecule has 0 bridgehead atoms. The third-order valence-corrected chi connectivity index (χ3v) is 1.64. The Labute approximate surface area is 77.2 Å². The molecule has 0 fully saturated rings. The summed E-state index contributed by atoms with van der Waals surface area (Å²) in [6.45, 7) is 2.14. The van der Waals surface area contributed by atoms with Crippen LogP contribution in [0.3, 0.4) is 0 Å². The minimum atomic E-state index is -0.0107. The van der Waals surface area contributed by atoms with Crippen molar-refractivity contribution in [1.82, 2.24) is 10.3 Å². The summed E-state index contributed by atoms with van der Waals surface area (Å²) in [4.78, 5) is 14.5. The molecule has 13 heavy (non-hydrogen) atoms. The smallest absolute Gasteiger partial charge is 0.216 e. The number of aromatic nitrogens is 1. The van der Waals surface area contributed by atoms with E-state index in [1.165, 1.54) is 6.92 Å². The van der Waals surface area contributed by atoms with Gasteiger partial charge >= 0.3 is 0 Å². The van der Waals surface area contributed by atoms with Gasteiger partial charge in [-0.05, 0) is 18.1 Å². The molecule has 1 heterocycles. The number of nitrogen functional groups attached to an aromatic ring is 1. The van der Waals surface area contributed by atoms with Crippen LogP contribution in [0.15, 0.2) is 18.3 Å². The number of nitrogens with zero attached hydrogens (tertiary/aromatic N) is 1. The highest BCUT2D eigenvalue weighted by Crippen LogP contribution is 2.00. The Morgan fingerprint density at radius 1 is 1.62 bits per heavy atom. The Bertz CT molecular complexity index is 281. The van der Waals surface area contributed by atoms with Gasteiger partial charge in [0.2, 0.25) is 5.91 Å². The Morgan fingerprint density at radius 2 is 2.38 bits per heavy atom. The number of nitrogens with one attached hydrogen (secondary N) is 1. The number of carbonyl (C=O) groups is 1. The highest BCUT2D eigenvalue weighted by atomic mass is 16.1. The van der Waals surface area contributed by atoms with Crippen LogP contribution in [0.4, 0.5) is 5.82 Å². The molecule has 3 N–H and O–H groups in total. The largest absolute Gasteiger partial charge is 0.384 e. The zero-order chi connectivity index (χ0) is 9.68. The van der Waals surface area contributed by atoms with Crippen LogP contribution in [0.2, 0.25) is 0 Å². The molecule has 1 aromatic rings. The fourth-order valence-electron chi connectivity index (χ4n) is 0.967. The average molecular weight is 179 g/mol. The predicted octanol–water partition coefficient (Wildman–Crippen LogP) is 0.342. The lowest BCUT2D eigenvalue weighted by Gasteiger charge is -2.01.